The Morgan fingerprint density at radius 3 is 2.59 bits per heavy atom. The highest BCUT2D eigenvalue weighted by atomic mass is 19.4. The number of aromatic nitrogens is 2. The quantitative estimate of drug-likeness (QED) is 0.531. The number of nitrogens with zero attached hydrogens (tertiary/aromatic N) is 3. The minimum Gasteiger partial charge on any atom is -0.465 e. The van der Waals surface area contributed by atoms with E-state index in [9.17, 15) is 22.8 Å². The van der Waals surface area contributed by atoms with Crippen LogP contribution in [0.1, 0.15) is 37.4 Å². The summed E-state index contributed by atoms with van der Waals surface area (Å²) >= 11 is 0. The second-order valence-corrected chi connectivity index (χ2v) is 8.42. The number of carboxylic acid groups (broad SMARTS) is 1. The molecule has 34 heavy (non-hydrogen) atoms. The second kappa shape index (κ2) is 9.36. The third kappa shape index (κ3) is 4.85. The Bertz CT molecular complexity index is 1260. The number of halogens is 3. The van der Waals surface area contributed by atoms with Crippen molar-refractivity contribution in [3.05, 3.63) is 64.2 Å². The summed E-state index contributed by atoms with van der Waals surface area (Å²) in [6.45, 7) is 2.86. The van der Waals surface area contributed by atoms with E-state index in [0.717, 1.165) is 41.3 Å². The Kier molecular flexibility index (Phi) is 6.49. The normalized spacial score (nSPS) is 16.2. The van der Waals surface area contributed by atoms with Gasteiger partial charge in [0.1, 0.15) is 5.65 Å². The molecule has 1 aliphatic heterocycles. The monoisotopic (exact) mass is 474 g/mol. The Labute approximate surface area is 193 Å². The van der Waals surface area contributed by atoms with Gasteiger partial charge < -0.3 is 15.3 Å². The number of hydrogen-bond acceptors (Lipinski definition) is 4. The fraction of sp³-hybridized carbons (Fsp3) is 0.375. The molecular weight excluding hydrogens is 449 g/mol. The number of carbonyl (C=O) groups is 1. The van der Waals surface area contributed by atoms with Crippen molar-refractivity contribution in [2.24, 2.45) is 0 Å². The molecule has 1 aliphatic rings. The van der Waals surface area contributed by atoms with Gasteiger partial charge >= 0.3 is 12.3 Å². The number of fused-ring (bicyclic) bond motifs is 1. The van der Waals surface area contributed by atoms with Crippen molar-refractivity contribution in [1.29, 1.82) is 0 Å². The van der Waals surface area contributed by atoms with Crippen molar-refractivity contribution in [3.63, 3.8) is 0 Å². The zero-order valence-electron chi connectivity index (χ0n) is 18.6. The first-order chi connectivity index (χ1) is 16.2. The van der Waals surface area contributed by atoms with E-state index in [1.165, 1.54) is 4.90 Å². The maximum atomic E-state index is 13.3. The molecule has 3 heterocycles. The molecule has 0 spiro atoms. The number of pyridine rings is 1. The predicted octanol–water partition coefficient (Wildman–Crippen LogP) is 4.89. The van der Waals surface area contributed by atoms with Crippen molar-refractivity contribution in [2.45, 2.75) is 44.8 Å². The average molecular weight is 474 g/mol. The fourth-order valence-corrected chi connectivity index (χ4v) is 4.20. The lowest BCUT2D eigenvalue weighted by molar-refractivity contribution is -0.137. The number of anilines is 1. The van der Waals surface area contributed by atoms with Crippen molar-refractivity contribution in [2.75, 3.05) is 18.4 Å². The summed E-state index contributed by atoms with van der Waals surface area (Å²) in [7, 11) is 0. The van der Waals surface area contributed by atoms with Crippen LogP contribution in [0.5, 0.6) is 0 Å². The largest absolute Gasteiger partial charge is 0.465 e. The molecule has 1 unspecified atom stereocenters. The molecule has 2 N–H and O–H groups in total. The highest BCUT2D eigenvalue weighted by molar-refractivity contribution is 5.69. The van der Waals surface area contributed by atoms with Crippen molar-refractivity contribution in [1.82, 2.24) is 14.3 Å². The van der Waals surface area contributed by atoms with Crippen molar-refractivity contribution in [3.8, 4) is 11.1 Å². The summed E-state index contributed by atoms with van der Waals surface area (Å²) in [5.74, 6) is 0. The summed E-state index contributed by atoms with van der Waals surface area (Å²) in [5, 5.41) is 12.4. The number of amides is 1. The van der Waals surface area contributed by atoms with Crippen LogP contribution in [-0.2, 0) is 12.6 Å². The van der Waals surface area contributed by atoms with Crippen molar-refractivity contribution < 1.29 is 23.1 Å². The van der Waals surface area contributed by atoms with E-state index in [1.807, 2.05) is 19.1 Å². The average Bonchev–Trinajstić information content (AvgIpc) is 3.26. The highest BCUT2D eigenvalue weighted by Crippen LogP contribution is 2.30. The Morgan fingerprint density at radius 1 is 1.24 bits per heavy atom. The van der Waals surface area contributed by atoms with Crippen molar-refractivity contribution >= 4 is 17.4 Å². The number of alkyl halides is 3. The number of nitrogens with one attached hydrogen (secondary N) is 1. The van der Waals surface area contributed by atoms with Gasteiger partial charge in [0.2, 0.25) is 0 Å². The number of hydrogen-bond donors (Lipinski definition) is 2. The number of benzene rings is 1. The molecule has 0 aliphatic carbocycles. The number of rotatable bonds is 6. The van der Waals surface area contributed by atoms with Gasteiger partial charge in [0.05, 0.1) is 16.8 Å². The molecule has 1 fully saturated rings. The maximum absolute atomic E-state index is 13.3. The highest BCUT2D eigenvalue weighted by Gasteiger charge is 2.31. The van der Waals surface area contributed by atoms with Gasteiger partial charge in [0, 0.05) is 31.0 Å². The topological polar surface area (TPSA) is 86.9 Å². The molecule has 10 heteroatoms. The zero-order chi connectivity index (χ0) is 24.5. The third-order valence-corrected chi connectivity index (χ3v) is 6.00. The lowest BCUT2D eigenvalue weighted by Gasteiger charge is -2.16. The molecule has 1 amide bonds. The van der Waals surface area contributed by atoms with Gasteiger partial charge in [-0.05, 0) is 49.1 Å². The lowest BCUT2D eigenvalue weighted by atomic mass is 10.0. The number of aryl methyl sites for hydroxylation is 1. The third-order valence-electron chi connectivity index (χ3n) is 6.00. The summed E-state index contributed by atoms with van der Waals surface area (Å²) < 4.78 is 40.6. The Morgan fingerprint density at radius 2 is 1.97 bits per heavy atom. The molecule has 0 saturated carbocycles. The van der Waals surface area contributed by atoms with Gasteiger partial charge in [-0.1, -0.05) is 25.5 Å². The summed E-state index contributed by atoms with van der Waals surface area (Å²) in [6, 6.07) is 8.94. The Hall–Kier alpha value is -3.56. The van der Waals surface area contributed by atoms with Gasteiger partial charge in [-0.25, -0.2) is 9.78 Å². The molecule has 0 bridgehead atoms. The van der Waals surface area contributed by atoms with E-state index in [0.29, 0.717) is 42.8 Å². The van der Waals surface area contributed by atoms with E-state index in [1.54, 1.807) is 12.1 Å². The van der Waals surface area contributed by atoms with Crippen LogP contribution in [0.4, 0.5) is 23.7 Å². The zero-order valence-corrected chi connectivity index (χ0v) is 18.6. The standard InChI is InChI=1S/C24H25F3N4O3/c1-2-3-4-19-21(22(32)31-12-9-16(24(25,26)27)13-20(31)29-19)15-5-7-17(8-6-15)28-18-10-11-30(14-18)23(33)34/h5-9,12-13,18,28H,2-4,10-11,14H2,1H3,(H,33,34). The first-order valence-electron chi connectivity index (χ1n) is 11.1. The van der Waals surface area contributed by atoms with Crippen LogP contribution in [-0.4, -0.2) is 44.6 Å². The van der Waals surface area contributed by atoms with Crippen LogP contribution in [0.15, 0.2) is 47.4 Å². The first-order valence-corrected chi connectivity index (χ1v) is 11.1. The molecule has 1 atom stereocenters. The predicted molar refractivity (Wildman–Crippen MR) is 122 cm³/mol. The fourth-order valence-electron chi connectivity index (χ4n) is 4.20. The van der Waals surface area contributed by atoms with Gasteiger partial charge in [0.15, 0.2) is 0 Å². The van der Waals surface area contributed by atoms with E-state index >= 15 is 0 Å². The van der Waals surface area contributed by atoms with Gasteiger partial charge in [-0.15, -0.1) is 0 Å². The van der Waals surface area contributed by atoms with Gasteiger partial charge in [0.25, 0.3) is 5.56 Å². The maximum Gasteiger partial charge on any atom is 0.416 e. The van der Waals surface area contributed by atoms with E-state index in [2.05, 4.69) is 10.3 Å². The summed E-state index contributed by atoms with van der Waals surface area (Å²) in [5.41, 5.74) is 0.963. The van der Waals surface area contributed by atoms with Gasteiger partial charge in [-0.2, -0.15) is 13.2 Å². The molecule has 4 rings (SSSR count). The van der Waals surface area contributed by atoms with Crippen LogP contribution in [0.3, 0.4) is 0 Å². The molecule has 180 valence electrons. The van der Waals surface area contributed by atoms with Gasteiger partial charge in [-0.3, -0.25) is 9.20 Å². The van der Waals surface area contributed by atoms with Crippen LogP contribution >= 0.6 is 0 Å². The first kappa shape index (κ1) is 23.6. The van der Waals surface area contributed by atoms with Crippen LogP contribution in [0.25, 0.3) is 16.8 Å². The molecule has 3 aromatic rings. The number of likely N-dealkylation sites (tertiary alicyclic amines) is 1. The molecule has 1 aromatic carbocycles. The molecular formula is C24H25F3N4O3. The van der Waals surface area contributed by atoms with E-state index in [-0.39, 0.29) is 11.7 Å². The molecule has 7 nitrogen and oxygen atoms in total. The second-order valence-electron chi connectivity index (χ2n) is 8.42. The lowest BCUT2D eigenvalue weighted by Crippen LogP contribution is -2.30. The van der Waals surface area contributed by atoms with Crippen LogP contribution in [0, 0.1) is 0 Å². The SMILES string of the molecule is CCCCc1nc2cc(C(F)(F)F)ccn2c(=O)c1-c1ccc(NC2CCN(C(=O)O)C2)cc1. The number of unbranched alkanes of at least 4 members (excludes halogenated alkanes) is 1. The summed E-state index contributed by atoms with van der Waals surface area (Å²) in [4.78, 5) is 30.2. The van der Waals surface area contributed by atoms with E-state index < -0.39 is 23.4 Å². The van der Waals surface area contributed by atoms with Crippen LogP contribution in [0.2, 0.25) is 0 Å². The Balaban J connectivity index is 1.67. The minimum atomic E-state index is -4.52. The molecule has 2 aromatic heterocycles. The minimum absolute atomic E-state index is 0.00199. The smallest absolute Gasteiger partial charge is 0.416 e. The van der Waals surface area contributed by atoms with E-state index in [4.69, 9.17) is 5.11 Å². The summed E-state index contributed by atoms with van der Waals surface area (Å²) in [6.07, 6.45) is -1.58. The molecule has 0 radical (unpaired) electrons. The molecule has 1 saturated heterocycles. The van der Waals surface area contributed by atoms with Crippen LogP contribution < -0.4 is 10.9 Å².